The van der Waals surface area contributed by atoms with Crippen LogP contribution in [0.25, 0.3) is 0 Å². The zero-order valence-electron chi connectivity index (χ0n) is 13.2. The van der Waals surface area contributed by atoms with Crippen LogP contribution in [0.3, 0.4) is 0 Å². The molecule has 0 saturated heterocycles. The highest BCUT2D eigenvalue weighted by atomic mass is 16.6. The summed E-state index contributed by atoms with van der Waals surface area (Å²) in [6, 6.07) is 0.967. The van der Waals surface area contributed by atoms with Gasteiger partial charge in [0.05, 0.1) is 26.9 Å². The predicted molar refractivity (Wildman–Crippen MR) is 87.4 cm³/mol. The number of nitro benzene ring substituents is 3. The van der Waals surface area contributed by atoms with Crippen molar-refractivity contribution >= 4 is 34.8 Å². The topological polar surface area (TPSA) is 285 Å². The number of guanidine groups is 1. The second-order valence-corrected chi connectivity index (χ2v) is 4.49. The van der Waals surface area contributed by atoms with Crippen molar-refractivity contribution in [3.63, 3.8) is 0 Å². The van der Waals surface area contributed by atoms with Gasteiger partial charge in [-0.1, -0.05) is 5.10 Å². The number of aromatic nitrogens is 4. The van der Waals surface area contributed by atoms with E-state index < -0.39 is 49.2 Å². The van der Waals surface area contributed by atoms with Crippen LogP contribution in [0.4, 0.5) is 23.0 Å². The van der Waals surface area contributed by atoms with Gasteiger partial charge in [0.25, 0.3) is 17.1 Å². The lowest BCUT2D eigenvalue weighted by molar-refractivity contribution is -0.403. The van der Waals surface area contributed by atoms with Gasteiger partial charge in [0.15, 0.2) is 5.56 Å². The lowest BCUT2D eigenvalue weighted by Gasteiger charge is -2.03. The Hall–Kier alpha value is -4.97. The van der Waals surface area contributed by atoms with Gasteiger partial charge in [-0.2, -0.15) is 5.21 Å². The van der Waals surface area contributed by atoms with Crippen molar-refractivity contribution in [3.8, 4) is 0 Å². The summed E-state index contributed by atoms with van der Waals surface area (Å²) in [7, 11) is 0. The number of hydrogen-bond acceptors (Lipinski definition) is 12. The smallest absolute Gasteiger partial charge is 0.307 e. The number of amidine groups is 1. The number of tetrazole rings is 1. The monoisotopic (exact) mass is 393 g/mol. The normalized spacial score (nSPS) is 11.4. The molecule has 19 nitrogen and oxygen atoms in total. The molecule has 0 radical (unpaired) electrons. The van der Waals surface area contributed by atoms with E-state index in [1.165, 1.54) is 0 Å². The van der Waals surface area contributed by atoms with E-state index in [1.807, 2.05) is 0 Å². The second kappa shape index (κ2) is 7.94. The van der Waals surface area contributed by atoms with Gasteiger partial charge in [0.1, 0.15) is 0 Å². The van der Waals surface area contributed by atoms with Gasteiger partial charge in [-0.3, -0.25) is 30.3 Å². The van der Waals surface area contributed by atoms with Crippen molar-refractivity contribution in [1.29, 1.82) is 0 Å². The van der Waals surface area contributed by atoms with Crippen molar-refractivity contribution in [2.75, 3.05) is 0 Å². The summed E-state index contributed by atoms with van der Waals surface area (Å²) in [5, 5.41) is 59.2. The molecule has 1 aromatic carbocycles. The van der Waals surface area contributed by atoms with E-state index >= 15 is 0 Å². The highest BCUT2D eigenvalue weighted by molar-refractivity contribution is 6.06. The highest BCUT2D eigenvalue weighted by Gasteiger charge is 2.34. The van der Waals surface area contributed by atoms with E-state index in [4.69, 9.17) is 11.5 Å². The third-order valence-corrected chi connectivity index (χ3v) is 2.74. The van der Waals surface area contributed by atoms with Crippen LogP contribution in [0.15, 0.2) is 32.6 Å². The number of H-pyrrole nitrogens is 1. The summed E-state index contributed by atoms with van der Waals surface area (Å²) < 4.78 is 0. The molecule has 144 valence electrons. The van der Waals surface area contributed by atoms with Gasteiger partial charge in [-0.05, 0) is 5.21 Å². The molecule has 0 bridgehead atoms. The summed E-state index contributed by atoms with van der Waals surface area (Å²) in [6.07, 6.45) is 0. The van der Waals surface area contributed by atoms with Crippen LogP contribution >= 0.6 is 0 Å². The molecule has 0 spiro atoms. The molecule has 19 heteroatoms. The molecule has 28 heavy (non-hydrogen) atoms. The third kappa shape index (κ3) is 4.35. The van der Waals surface area contributed by atoms with E-state index in [0.29, 0.717) is 12.1 Å². The van der Waals surface area contributed by atoms with Gasteiger partial charge >= 0.3 is 5.95 Å². The maximum atomic E-state index is 11.4. The molecule has 0 amide bonds. The molecule has 0 aliphatic heterocycles. The average molecular weight is 393 g/mol. The second-order valence-electron chi connectivity index (χ2n) is 4.49. The maximum absolute atomic E-state index is 11.4. The van der Waals surface area contributed by atoms with Crippen molar-refractivity contribution in [3.05, 3.63) is 48.0 Å². The number of nitrogens with one attached hydrogen (secondary N) is 1. The number of nitro groups is 3. The highest BCUT2D eigenvalue weighted by Crippen LogP contribution is 2.34. The molecule has 1 heterocycles. The van der Waals surface area contributed by atoms with Crippen molar-refractivity contribution in [2.24, 2.45) is 31.9 Å². The first-order valence-electron chi connectivity index (χ1n) is 6.64. The summed E-state index contributed by atoms with van der Waals surface area (Å²) in [6.45, 7) is 0. The lowest BCUT2D eigenvalue weighted by atomic mass is 10.1. The predicted octanol–water partition coefficient (Wildman–Crippen LogP) is -0.357. The largest absolute Gasteiger partial charge is 0.369 e. The fraction of sp³-hybridized carbons (Fsp3) is 0. The molecule has 2 rings (SSSR count). The fourth-order valence-corrected chi connectivity index (χ4v) is 1.74. The minimum atomic E-state index is -1.11. The summed E-state index contributed by atoms with van der Waals surface area (Å²) in [4.78, 5) is 30.4. The average Bonchev–Trinajstić information content (AvgIpc) is 3.14. The Morgan fingerprint density at radius 1 is 1.00 bits per heavy atom. The molecule has 1 aromatic heterocycles. The van der Waals surface area contributed by atoms with Crippen LogP contribution in [0, 0.1) is 30.3 Å². The standard InChI is InChI=1S/C9H7N13O6/c10-8(11)14-12-7(13-15-9-16-18-19-17-9)6-4(21(25)26)1-3(20(23)24)2-5(6)22(27)28/h1-2H,(H4,10,11,14)(H,16,17,18,19)/b12-7+,15-13?. The van der Waals surface area contributed by atoms with E-state index in [2.05, 4.69) is 41.1 Å². The lowest BCUT2D eigenvalue weighted by Crippen LogP contribution is -2.22. The first kappa shape index (κ1) is 19.4. The van der Waals surface area contributed by atoms with E-state index in [9.17, 15) is 30.3 Å². The van der Waals surface area contributed by atoms with Crippen molar-refractivity contribution in [1.82, 2.24) is 20.6 Å². The molecular formula is C9H7N13O6. The number of rotatable bonds is 6. The Kier molecular flexibility index (Phi) is 5.49. The zero-order chi connectivity index (χ0) is 20.8. The number of benzene rings is 1. The number of azo groups is 1. The van der Waals surface area contributed by atoms with Gasteiger partial charge < -0.3 is 11.5 Å². The number of nitrogens with zero attached hydrogens (tertiary/aromatic N) is 10. The van der Waals surface area contributed by atoms with E-state index in [1.54, 1.807) is 0 Å². The summed E-state index contributed by atoms with van der Waals surface area (Å²) >= 11 is 0. The summed E-state index contributed by atoms with van der Waals surface area (Å²) in [5.41, 5.74) is 6.39. The quantitative estimate of drug-likeness (QED) is 0.187. The minimum absolute atomic E-state index is 0.357. The molecule has 0 unspecified atom stereocenters. The van der Waals surface area contributed by atoms with Crippen LogP contribution in [0.5, 0.6) is 0 Å². The van der Waals surface area contributed by atoms with Crippen LogP contribution in [-0.2, 0) is 0 Å². The molecule has 0 atom stereocenters. The van der Waals surface area contributed by atoms with E-state index in [0.717, 1.165) is 0 Å². The SMILES string of the molecule is NC(N)=N/N=C(/N=Nc1nn[nH]n1)c1c([N+](=O)[O-])cc([N+](=O)[O-])cc1[N+](=O)[O-]. The molecule has 5 N–H and O–H groups in total. The number of nitrogens with two attached hydrogens (primary N) is 2. The zero-order valence-corrected chi connectivity index (χ0v) is 13.2. The van der Waals surface area contributed by atoms with Crippen LogP contribution in [0.1, 0.15) is 5.56 Å². The van der Waals surface area contributed by atoms with Crippen LogP contribution in [0.2, 0.25) is 0 Å². The van der Waals surface area contributed by atoms with Gasteiger partial charge in [0, 0.05) is 0 Å². The Balaban J connectivity index is 2.81. The number of aromatic amines is 1. The molecular weight excluding hydrogens is 386 g/mol. The van der Waals surface area contributed by atoms with Crippen molar-refractivity contribution in [2.45, 2.75) is 0 Å². The van der Waals surface area contributed by atoms with Crippen LogP contribution < -0.4 is 11.5 Å². The molecule has 0 aliphatic rings. The first-order valence-corrected chi connectivity index (χ1v) is 6.64. The molecule has 0 aliphatic carbocycles. The Morgan fingerprint density at radius 3 is 2.04 bits per heavy atom. The Bertz CT molecular complexity index is 986. The first-order chi connectivity index (χ1) is 13.2. The van der Waals surface area contributed by atoms with Crippen molar-refractivity contribution < 1.29 is 14.8 Å². The fourth-order valence-electron chi connectivity index (χ4n) is 1.74. The number of hydrogen-bond donors (Lipinski definition) is 3. The molecule has 2 aromatic rings. The Morgan fingerprint density at radius 2 is 1.61 bits per heavy atom. The number of non-ortho nitro benzene ring substituents is 1. The molecule has 0 fully saturated rings. The van der Waals surface area contributed by atoms with Crippen LogP contribution in [-0.4, -0.2) is 47.2 Å². The summed E-state index contributed by atoms with van der Waals surface area (Å²) in [5.74, 6) is -1.78. The third-order valence-electron chi connectivity index (χ3n) is 2.74. The Labute approximate surface area is 151 Å². The van der Waals surface area contributed by atoms with E-state index in [-0.39, 0.29) is 5.95 Å². The van der Waals surface area contributed by atoms with Gasteiger partial charge in [0.2, 0.25) is 11.8 Å². The minimum Gasteiger partial charge on any atom is -0.369 e. The van der Waals surface area contributed by atoms with Gasteiger partial charge in [-0.15, -0.1) is 25.5 Å². The molecule has 0 saturated carbocycles. The maximum Gasteiger partial charge on any atom is 0.307 e. The van der Waals surface area contributed by atoms with Gasteiger partial charge in [-0.25, -0.2) is 0 Å².